The second-order valence-electron chi connectivity index (χ2n) is 4.24. The number of carbonyl (C=O) groups is 2. The Morgan fingerprint density at radius 3 is 2.41 bits per heavy atom. The fourth-order valence-corrected chi connectivity index (χ4v) is 1.30. The number of rotatable bonds is 8. The summed E-state index contributed by atoms with van der Waals surface area (Å²) in [5.74, 6) is -1.71. The quantitative estimate of drug-likeness (QED) is 0.313. The van der Waals surface area contributed by atoms with E-state index >= 15 is 0 Å². The normalized spacial score (nSPS) is 13.8. The molecular formula is C11H19NO5. The zero-order chi connectivity index (χ0) is 13.5. The van der Waals surface area contributed by atoms with Gasteiger partial charge in [0, 0.05) is 5.57 Å². The zero-order valence-electron chi connectivity index (χ0n) is 10.3. The Morgan fingerprint density at radius 2 is 2.00 bits per heavy atom. The molecule has 0 aliphatic rings. The molecule has 0 fully saturated rings. The summed E-state index contributed by atoms with van der Waals surface area (Å²) in [5, 5.41) is 19.4. The number of hydrogen-bond acceptors (Lipinski definition) is 5. The number of likely N-dealkylation sites (N-methyl/N-ethyl adjacent to an activating group) is 1. The molecule has 6 heteroatoms. The van der Waals surface area contributed by atoms with Crippen LogP contribution >= 0.6 is 0 Å². The Morgan fingerprint density at radius 1 is 1.41 bits per heavy atom. The van der Waals surface area contributed by atoms with E-state index in [1.165, 1.54) is 6.92 Å². The smallest absolute Gasteiger partial charge is 0.333 e. The van der Waals surface area contributed by atoms with E-state index in [-0.39, 0.29) is 30.8 Å². The molecule has 0 amide bonds. The molecule has 0 radical (unpaired) electrons. The van der Waals surface area contributed by atoms with Crippen LogP contribution in [0.1, 0.15) is 6.92 Å². The van der Waals surface area contributed by atoms with Crippen LogP contribution in [-0.4, -0.2) is 61.4 Å². The fourth-order valence-electron chi connectivity index (χ4n) is 1.30. The maximum absolute atomic E-state index is 11.1. The predicted octanol–water partition coefficient (Wildman–Crippen LogP) is -1.71. The summed E-state index contributed by atoms with van der Waals surface area (Å²) in [6.07, 6.45) is 0. The summed E-state index contributed by atoms with van der Waals surface area (Å²) >= 11 is 0. The second-order valence-corrected chi connectivity index (χ2v) is 4.24. The first-order chi connectivity index (χ1) is 7.80. The number of quaternary nitrogens is 1. The summed E-state index contributed by atoms with van der Waals surface area (Å²) < 4.78 is 4.94. The molecular weight excluding hydrogens is 226 g/mol. The first-order valence-electron chi connectivity index (χ1n) is 5.27. The van der Waals surface area contributed by atoms with Crippen molar-refractivity contribution in [1.82, 2.24) is 0 Å². The van der Waals surface area contributed by atoms with Gasteiger partial charge in [0.1, 0.15) is 26.2 Å². The van der Waals surface area contributed by atoms with Crippen molar-refractivity contribution in [3.05, 3.63) is 12.2 Å². The van der Waals surface area contributed by atoms with Crippen molar-refractivity contribution < 1.29 is 29.0 Å². The van der Waals surface area contributed by atoms with E-state index in [0.717, 1.165) is 0 Å². The number of carboxylic acids is 1. The number of aliphatic hydroxyl groups excluding tert-OH is 1. The minimum Gasteiger partial charge on any atom is -0.544 e. The van der Waals surface area contributed by atoms with Crippen LogP contribution in [0.5, 0.6) is 0 Å². The van der Waals surface area contributed by atoms with Gasteiger partial charge >= 0.3 is 5.97 Å². The Labute approximate surface area is 101 Å². The topological polar surface area (TPSA) is 86.7 Å². The molecule has 0 aliphatic heterocycles. The summed E-state index contributed by atoms with van der Waals surface area (Å²) in [6.45, 7) is 5.23. The highest BCUT2D eigenvalue weighted by molar-refractivity contribution is 5.86. The molecule has 1 atom stereocenters. The Hall–Kier alpha value is -1.40. The lowest BCUT2D eigenvalue weighted by atomic mass is 10.3. The van der Waals surface area contributed by atoms with Crippen LogP contribution in [0.4, 0.5) is 0 Å². The number of esters is 1. The Balaban J connectivity index is 4.21. The first kappa shape index (κ1) is 15.6. The molecule has 17 heavy (non-hydrogen) atoms. The van der Waals surface area contributed by atoms with Crippen molar-refractivity contribution in [2.24, 2.45) is 0 Å². The fraction of sp³-hybridized carbons (Fsp3) is 0.636. The molecule has 0 saturated carbocycles. The van der Waals surface area contributed by atoms with E-state index in [2.05, 4.69) is 6.58 Å². The third-order valence-electron chi connectivity index (χ3n) is 2.36. The van der Waals surface area contributed by atoms with Crippen molar-refractivity contribution in [3.63, 3.8) is 0 Å². The highest BCUT2D eigenvalue weighted by atomic mass is 16.5. The van der Waals surface area contributed by atoms with Gasteiger partial charge in [-0.15, -0.1) is 0 Å². The van der Waals surface area contributed by atoms with Crippen LogP contribution in [0.3, 0.4) is 0 Å². The monoisotopic (exact) mass is 245 g/mol. The molecule has 0 aromatic heterocycles. The molecule has 0 rings (SSSR count). The van der Waals surface area contributed by atoms with Gasteiger partial charge in [-0.25, -0.2) is 4.79 Å². The number of carbonyl (C=O) groups excluding carboxylic acids is 2. The van der Waals surface area contributed by atoms with E-state index in [1.54, 1.807) is 7.05 Å². The number of ether oxygens (including phenoxy) is 1. The SMILES string of the molecule is C=C(C)C(=O)OCC[N+](C)(CCO)CC(=O)[O-]. The van der Waals surface area contributed by atoms with Crippen LogP contribution < -0.4 is 5.11 Å². The van der Waals surface area contributed by atoms with E-state index in [9.17, 15) is 14.7 Å². The second kappa shape index (κ2) is 7.03. The number of aliphatic carboxylic acids is 1. The molecule has 1 unspecified atom stereocenters. The van der Waals surface area contributed by atoms with Gasteiger partial charge in [-0.3, -0.25) is 0 Å². The lowest BCUT2D eigenvalue weighted by Gasteiger charge is -2.33. The molecule has 0 aromatic carbocycles. The van der Waals surface area contributed by atoms with Crippen molar-refractivity contribution in [2.45, 2.75) is 6.92 Å². The van der Waals surface area contributed by atoms with Gasteiger partial charge in [0.15, 0.2) is 0 Å². The number of aliphatic hydroxyl groups is 1. The summed E-state index contributed by atoms with van der Waals surface area (Å²) in [7, 11) is 1.65. The lowest BCUT2D eigenvalue weighted by molar-refractivity contribution is -0.904. The van der Waals surface area contributed by atoms with E-state index < -0.39 is 11.9 Å². The molecule has 0 bridgehead atoms. The van der Waals surface area contributed by atoms with Crippen LogP contribution in [-0.2, 0) is 14.3 Å². The molecule has 0 aromatic rings. The third kappa shape index (κ3) is 6.70. The van der Waals surface area contributed by atoms with Crippen LogP contribution in [0.25, 0.3) is 0 Å². The first-order valence-corrected chi connectivity index (χ1v) is 5.27. The molecule has 0 heterocycles. The van der Waals surface area contributed by atoms with Crippen LogP contribution in [0, 0.1) is 0 Å². The van der Waals surface area contributed by atoms with Gasteiger partial charge in [0.05, 0.1) is 19.6 Å². The molecule has 0 saturated heterocycles. The van der Waals surface area contributed by atoms with Gasteiger partial charge < -0.3 is 24.2 Å². The molecule has 0 aliphatic carbocycles. The van der Waals surface area contributed by atoms with E-state index in [1.807, 2.05) is 0 Å². The standard InChI is InChI=1S/C11H19NO5/c1-9(2)11(16)17-7-5-12(3,4-6-13)8-10(14)15/h13H,1,4-8H2,2-3H3. The van der Waals surface area contributed by atoms with Crippen LogP contribution in [0.2, 0.25) is 0 Å². The number of carboxylic acid groups (broad SMARTS) is 1. The number of nitrogens with zero attached hydrogens (tertiary/aromatic N) is 1. The minimum absolute atomic E-state index is 0.0578. The minimum atomic E-state index is -1.20. The van der Waals surface area contributed by atoms with Gasteiger partial charge in [-0.1, -0.05) is 6.58 Å². The third-order valence-corrected chi connectivity index (χ3v) is 2.36. The Kier molecular flexibility index (Phi) is 6.45. The lowest BCUT2D eigenvalue weighted by Crippen LogP contribution is -2.54. The van der Waals surface area contributed by atoms with Crippen LogP contribution in [0.15, 0.2) is 12.2 Å². The largest absolute Gasteiger partial charge is 0.544 e. The van der Waals surface area contributed by atoms with Gasteiger partial charge in [-0.2, -0.15) is 0 Å². The zero-order valence-corrected chi connectivity index (χ0v) is 10.3. The maximum atomic E-state index is 11.1. The summed E-state index contributed by atoms with van der Waals surface area (Å²) in [4.78, 5) is 21.7. The van der Waals surface area contributed by atoms with Crippen molar-refractivity contribution >= 4 is 11.9 Å². The van der Waals surface area contributed by atoms with Gasteiger partial charge in [0.2, 0.25) is 0 Å². The predicted molar refractivity (Wildman–Crippen MR) is 58.7 cm³/mol. The highest BCUT2D eigenvalue weighted by Crippen LogP contribution is 2.02. The van der Waals surface area contributed by atoms with E-state index in [0.29, 0.717) is 12.1 Å². The van der Waals surface area contributed by atoms with Crippen molar-refractivity contribution in [3.8, 4) is 0 Å². The molecule has 98 valence electrons. The average molecular weight is 245 g/mol. The van der Waals surface area contributed by atoms with Crippen molar-refractivity contribution in [2.75, 3.05) is 39.9 Å². The van der Waals surface area contributed by atoms with Gasteiger partial charge in [0.25, 0.3) is 0 Å². The molecule has 6 nitrogen and oxygen atoms in total. The van der Waals surface area contributed by atoms with Gasteiger partial charge in [-0.05, 0) is 6.92 Å². The molecule has 0 spiro atoms. The van der Waals surface area contributed by atoms with Crippen molar-refractivity contribution in [1.29, 1.82) is 0 Å². The number of hydrogen-bond donors (Lipinski definition) is 1. The average Bonchev–Trinajstić information content (AvgIpc) is 2.15. The Bertz CT molecular complexity index is 302. The van der Waals surface area contributed by atoms with E-state index in [4.69, 9.17) is 9.84 Å². The maximum Gasteiger partial charge on any atom is 0.333 e. The highest BCUT2D eigenvalue weighted by Gasteiger charge is 2.21. The summed E-state index contributed by atoms with van der Waals surface area (Å²) in [6, 6.07) is 0. The summed E-state index contributed by atoms with van der Waals surface area (Å²) in [5.41, 5.74) is 0.293. The molecule has 1 N–H and O–H groups in total.